The van der Waals surface area contributed by atoms with Crippen LogP contribution in [0.25, 0.3) is 0 Å². The maximum absolute atomic E-state index is 12.4. The van der Waals surface area contributed by atoms with Gasteiger partial charge in [0.2, 0.25) is 0 Å². The lowest BCUT2D eigenvalue weighted by Crippen LogP contribution is -2.45. The van der Waals surface area contributed by atoms with Gasteiger partial charge in [-0.2, -0.15) is 11.8 Å². The molecule has 1 aliphatic rings. The second-order valence-electron chi connectivity index (χ2n) is 5.21. The van der Waals surface area contributed by atoms with E-state index in [-0.39, 0.29) is 10.7 Å². The summed E-state index contributed by atoms with van der Waals surface area (Å²) in [5.41, 5.74) is 6.72. The average molecular weight is 310 g/mol. The van der Waals surface area contributed by atoms with E-state index in [0.717, 1.165) is 12.8 Å². The van der Waals surface area contributed by atoms with Crippen LogP contribution in [0, 0.1) is 0 Å². The van der Waals surface area contributed by atoms with Crippen molar-refractivity contribution in [1.29, 1.82) is 0 Å². The molecular weight excluding hydrogens is 288 g/mol. The van der Waals surface area contributed by atoms with Gasteiger partial charge in [-0.15, -0.1) is 0 Å². The van der Waals surface area contributed by atoms with E-state index < -0.39 is 0 Å². The summed E-state index contributed by atoms with van der Waals surface area (Å²) in [4.78, 5) is 12.4. The number of carbonyl (C=O) groups excluding carboxylic acids is 1. The zero-order valence-corrected chi connectivity index (χ0v) is 13.5. The molecule has 0 bridgehead atoms. The van der Waals surface area contributed by atoms with E-state index in [4.69, 9.17) is 15.2 Å². The molecule has 1 aromatic rings. The van der Waals surface area contributed by atoms with Gasteiger partial charge in [0.15, 0.2) is 0 Å². The van der Waals surface area contributed by atoms with Crippen molar-refractivity contribution in [3.8, 4) is 11.5 Å². The number of hydrogen-bond acceptors (Lipinski definition) is 5. The highest BCUT2D eigenvalue weighted by molar-refractivity contribution is 8.00. The summed E-state index contributed by atoms with van der Waals surface area (Å²) in [5, 5.41) is 2.99. The highest BCUT2D eigenvalue weighted by atomic mass is 32.2. The van der Waals surface area contributed by atoms with Gasteiger partial charge in [-0.1, -0.05) is 6.42 Å². The molecule has 116 valence electrons. The third kappa shape index (κ3) is 3.20. The minimum absolute atomic E-state index is 0.188. The molecule has 0 spiro atoms. The second kappa shape index (κ2) is 6.47. The Kier molecular flexibility index (Phi) is 4.88. The summed E-state index contributed by atoms with van der Waals surface area (Å²) in [7, 11) is 3.06. The van der Waals surface area contributed by atoms with Gasteiger partial charge in [0.05, 0.1) is 25.5 Å². The van der Waals surface area contributed by atoms with Crippen LogP contribution < -0.4 is 20.5 Å². The van der Waals surface area contributed by atoms with E-state index in [1.54, 1.807) is 19.2 Å². The Bertz CT molecular complexity index is 524. The van der Waals surface area contributed by atoms with Gasteiger partial charge in [0.25, 0.3) is 5.91 Å². The van der Waals surface area contributed by atoms with E-state index in [9.17, 15) is 4.79 Å². The first-order valence-electron chi connectivity index (χ1n) is 6.90. The normalized spacial score (nSPS) is 16.0. The quantitative estimate of drug-likeness (QED) is 0.789. The number of nitrogen functional groups attached to an aromatic ring is 1. The van der Waals surface area contributed by atoms with E-state index in [1.807, 2.05) is 11.8 Å². The monoisotopic (exact) mass is 310 g/mol. The number of benzene rings is 1. The number of amides is 1. The molecule has 5 nitrogen and oxygen atoms in total. The molecule has 0 heterocycles. The van der Waals surface area contributed by atoms with Crippen LogP contribution >= 0.6 is 11.8 Å². The van der Waals surface area contributed by atoms with Crippen molar-refractivity contribution in [3.05, 3.63) is 17.7 Å². The van der Waals surface area contributed by atoms with Crippen LogP contribution in [0.1, 0.15) is 29.6 Å². The second-order valence-corrected chi connectivity index (χ2v) is 6.49. The standard InChI is InChI=1S/C15H22N2O3S/c1-19-10-7-11(13(16)12(8-10)20-2)14(18)17-9-15(21-3)5-4-6-15/h7-8H,4-6,9,16H2,1-3H3,(H,17,18). The molecule has 0 unspecified atom stereocenters. The Labute approximate surface area is 129 Å². The third-order valence-corrected chi connectivity index (χ3v) is 5.50. The van der Waals surface area contributed by atoms with Crippen LogP contribution in [-0.4, -0.2) is 37.7 Å². The minimum atomic E-state index is -0.190. The Hall–Kier alpha value is -1.56. The van der Waals surface area contributed by atoms with Gasteiger partial charge in [-0.05, 0) is 25.2 Å². The fraction of sp³-hybridized carbons (Fsp3) is 0.533. The summed E-state index contributed by atoms with van der Waals surface area (Å²) in [5.74, 6) is 0.808. The largest absolute Gasteiger partial charge is 0.497 e. The molecule has 1 aromatic carbocycles. The Morgan fingerprint density at radius 2 is 2.10 bits per heavy atom. The van der Waals surface area contributed by atoms with Gasteiger partial charge in [-0.25, -0.2) is 0 Å². The molecule has 2 rings (SSSR count). The number of rotatable bonds is 6. The van der Waals surface area contributed by atoms with Gasteiger partial charge >= 0.3 is 0 Å². The fourth-order valence-corrected chi connectivity index (χ4v) is 3.35. The average Bonchev–Trinajstić information content (AvgIpc) is 2.46. The maximum atomic E-state index is 12.4. The summed E-state index contributed by atoms with van der Waals surface area (Å²) >= 11 is 1.82. The molecule has 0 aromatic heterocycles. The number of hydrogen-bond donors (Lipinski definition) is 2. The van der Waals surface area contributed by atoms with Gasteiger partial charge in [-0.3, -0.25) is 4.79 Å². The predicted molar refractivity (Wildman–Crippen MR) is 86.4 cm³/mol. The molecule has 1 fully saturated rings. The van der Waals surface area contributed by atoms with Crippen molar-refractivity contribution in [1.82, 2.24) is 5.32 Å². The van der Waals surface area contributed by atoms with Crippen molar-refractivity contribution in [3.63, 3.8) is 0 Å². The number of nitrogens with two attached hydrogens (primary N) is 1. The van der Waals surface area contributed by atoms with Crippen LogP contribution in [0.5, 0.6) is 11.5 Å². The molecule has 1 saturated carbocycles. The summed E-state index contributed by atoms with van der Waals surface area (Å²) in [6.45, 7) is 0.659. The van der Waals surface area contributed by atoms with Gasteiger partial charge in [0.1, 0.15) is 11.5 Å². The molecule has 0 atom stereocenters. The van der Waals surface area contributed by atoms with Crippen molar-refractivity contribution < 1.29 is 14.3 Å². The molecule has 0 aliphatic heterocycles. The molecule has 6 heteroatoms. The molecule has 3 N–H and O–H groups in total. The highest BCUT2D eigenvalue weighted by Crippen LogP contribution is 2.42. The maximum Gasteiger partial charge on any atom is 0.253 e. The zero-order valence-electron chi connectivity index (χ0n) is 12.7. The smallest absolute Gasteiger partial charge is 0.253 e. The lowest BCUT2D eigenvalue weighted by molar-refractivity contribution is 0.0944. The topological polar surface area (TPSA) is 73.6 Å². The first-order chi connectivity index (χ1) is 10.0. The highest BCUT2D eigenvalue weighted by Gasteiger charge is 2.36. The number of nitrogens with one attached hydrogen (secondary N) is 1. The lowest BCUT2D eigenvalue weighted by atomic mass is 9.84. The van der Waals surface area contributed by atoms with E-state index in [0.29, 0.717) is 29.3 Å². The summed E-state index contributed by atoms with van der Waals surface area (Å²) in [6.07, 6.45) is 5.61. The summed E-state index contributed by atoms with van der Waals surface area (Å²) < 4.78 is 10.6. The van der Waals surface area contributed by atoms with Gasteiger partial charge in [0, 0.05) is 17.4 Å². The first-order valence-corrected chi connectivity index (χ1v) is 8.12. The zero-order chi connectivity index (χ0) is 15.5. The Balaban J connectivity index is 2.14. The Morgan fingerprint density at radius 1 is 1.38 bits per heavy atom. The van der Waals surface area contributed by atoms with Crippen LogP contribution in [0.15, 0.2) is 12.1 Å². The molecule has 0 radical (unpaired) electrons. The number of carbonyl (C=O) groups is 1. The van der Waals surface area contributed by atoms with Crippen LogP contribution in [0.4, 0.5) is 5.69 Å². The molecule has 1 aliphatic carbocycles. The van der Waals surface area contributed by atoms with E-state index in [2.05, 4.69) is 11.6 Å². The number of methoxy groups -OCH3 is 2. The lowest BCUT2D eigenvalue weighted by Gasteiger charge is -2.40. The van der Waals surface area contributed by atoms with Gasteiger partial charge < -0.3 is 20.5 Å². The van der Waals surface area contributed by atoms with Crippen molar-refractivity contribution in [2.45, 2.75) is 24.0 Å². The van der Waals surface area contributed by atoms with Crippen LogP contribution in [-0.2, 0) is 0 Å². The van der Waals surface area contributed by atoms with Crippen molar-refractivity contribution in [2.75, 3.05) is 32.8 Å². The number of thioether (sulfide) groups is 1. The summed E-state index contributed by atoms with van der Waals surface area (Å²) in [6, 6.07) is 3.31. The predicted octanol–water partition coefficient (Wildman–Crippen LogP) is 2.30. The first kappa shape index (κ1) is 15.8. The Morgan fingerprint density at radius 3 is 2.57 bits per heavy atom. The minimum Gasteiger partial charge on any atom is -0.497 e. The molecular formula is C15H22N2O3S. The number of ether oxygens (including phenoxy) is 2. The van der Waals surface area contributed by atoms with E-state index in [1.165, 1.54) is 13.5 Å². The molecule has 0 saturated heterocycles. The van der Waals surface area contributed by atoms with Crippen LogP contribution in [0.2, 0.25) is 0 Å². The molecule has 1 amide bonds. The van der Waals surface area contributed by atoms with Crippen molar-refractivity contribution >= 4 is 23.4 Å². The van der Waals surface area contributed by atoms with E-state index >= 15 is 0 Å². The SMILES string of the molecule is COc1cc(OC)c(N)c(C(=O)NCC2(SC)CCC2)c1. The number of anilines is 1. The van der Waals surface area contributed by atoms with Crippen molar-refractivity contribution in [2.24, 2.45) is 0 Å². The third-order valence-electron chi connectivity index (χ3n) is 4.08. The van der Waals surface area contributed by atoms with Crippen LogP contribution in [0.3, 0.4) is 0 Å². The molecule has 21 heavy (non-hydrogen) atoms. The fourth-order valence-electron chi connectivity index (χ4n) is 2.44.